The SMILES string of the molecule is C=C(C)C.[Sn]. The molecule has 0 fully saturated rings. The third kappa shape index (κ3) is 101. The Balaban J connectivity index is 0. The molecule has 0 aromatic heterocycles. The van der Waals surface area contributed by atoms with Crippen molar-refractivity contribution >= 4 is 23.9 Å². The van der Waals surface area contributed by atoms with Gasteiger partial charge in [-0.1, -0.05) is 5.57 Å². The molecule has 0 aliphatic rings. The minimum Gasteiger partial charge on any atom is -0.100 e. The van der Waals surface area contributed by atoms with Gasteiger partial charge in [0, 0.05) is 23.9 Å². The quantitative estimate of drug-likeness (QED) is 0.383. The molecular weight excluding hydrogens is 167 g/mol. The van der Waals surface area contributed by atoms with E-state index in [9.17, 15) is 0 Å². The first-order chi connectivity index (χ1) is 1.73. The van der Waals surface area contributed by atoms with Gasteiger partial charge < -0.3 is 0 Å². The summed E-state index contributed by atoms with van der Waals surface area (Å²) in [5, 5.41) is 0. The summed E-state index contributed by atoms with van der Waals surface area (Å²) in [5.74, 6) is 0. The minimum atomic E-state index is 0. The van der Waals surface area contributed by atoms with Gasteiger partial charge in [0.05, 0.1) is 0 Å². The Bertz CT molecular complexity index is 26.6. The second-order valence-electron chi connectivity index (χ2n) is 1.21. The summed E-state index contributed by atoms with van der Waals surface area (Å²) < 4.78 is 0. The van der Waals surface area contributed by atoms with Gasteiger partial charge in [0.1, 0.15) is 0 Å². The summed E-state index contributed by atoms with van der Waals surface area (Å²) in [6, 6.07) is 0. The summed E-state index contributed by atoms with van der Waals surface area (Å²) >= 11 is 0. The molecule has 0 rings (SSSR count). The molecule has 0 aromatic rings. The molecule has 0 bridgehead atoms. The molecule has 0 aromatic carbocycles. The van der Waals surface area contributed by atoms with E-state index < -0.39 is 0 Å². The maximum atomic E-state index is 3.56. The Labute approximate surface area is 50.2 Å². The van der Waals surface area contributed by atoms with Gasteiger partial charge >= 0.3 is 0 Å². The van der Waals surface area contributed by atoms with E-state index in [4.69, 9.17) is 0 Å². The van der Waals surface area contributed by atoms with Crippen molar-refractivity contribution in [2.75, 3.05) is 0 Å². The molecule has 0 nitrogen and oxygen atoms in total. The molecule has 0 atom stereocenters. The molecule has 5 heavy (non-hydrogen) atoms. The summed E-state index contributed by atoms with van der Waals surface area (Å²) in [6.07, 6.45) is 0. The van der Waals surface area contributed by atoms with Crippen LogP contribution in [0.2, 0.25) is 0 Å². The van der Waals surface area contributed by atoms with Crippen molar-refractivity contribution in [1.82, 2.24) is 0 Å². The van der Waals surface area contributed by atoms with Crippen molar-refractivity contribution in [3.05, 3.63) is 12.2 Å². The Morgan fingerprint density at radius 1 is 1.40 bits per heavy atom. The Kier molecular flexibility index (Phi) is 8.27. The third-order valence-electron chi connectivity index (χ3n) is 0. The van der Waals surface area contributed by atoms with Crippen LogP contribution in [0, 0.1) is 0 Å². The Morgan fingerprint density at radius 3 is 1.40 bits per heavy atom. The van der Waals surface area contributed by atoms with E-state index in [2.05, 4.69) is 6.58 Å². The Hall–Kier alpha value is 0.539. The van der Waals surface area contributed by atoms with Gasteiger partial charge in [-0.25, -0.2) is 0 Å². The molecule has 0 amide bonds. The van der Waals surface area contributed by atoms with Gasteiger partial charge in [0.2, 0.25) is 0 Å². The van der Waals surface area contributed by atoms with Crippen molar-refractivity contribution in [2.24, 2.45) is 0 Å². The first-order valence-corrected chi connectivity index (χ1v) is 1.35. The molecular formula is C4H8Sn. The van der Waals surface area contributed by atoms with Crippen LogP contribution in [0.1, 0.15) is 13.8 Å². The first-order valence-electron chi connectivity index (χ1n) is 1.35. The fourth-order valence-electron chi connectivity index (χ4n) is 0. The molecule has 28 valence electrons. The van der Waals surface area contributed by atoms with Crippen molar-refractivity contribution in [3.8, 4) is 0 Å². The van der Waals surface area contributed by atoms with Crippen LogP contribution in [0.15, 0.2) is 12.2 Å². The van der Waals surface area contributed by atoms with Crippen LogP contribution in [-0.4, -0.2) is 23.9 Å². The van der Waals surface area contributed by atoms with Crippen LogP contribution < -0.4 is 0 Å². The number of allylic oxidation sites excluding steroid dienone is 1. The van der Waals surface area contributed by atoms with E-state index in [1.165, 1.54) is 5.57 Å². The van der Waals surface area contributed by atoms with Crippen molar-refractivity contribution in [3.63, 3.8) is 0 Å². The largest absolute Gasteiger partial charge is 0.100 e. The first kappa shape index (κ1) is 9.11. The average Bonchev–Trinajstić information content (AvgIpc) is 0.811. The van der Waals surface area contributed by atoms with Gasteiger partial charge in [-0.3, -0.25) is 0 Å². The maximum Gasteiger partial charge on any atom is 0 e. The molecule has 0 heterocycles. The molecule has 0 N–H and O–H groups in total. The fraction of sp³-hybridized carbons (Fsp3) is 0.500. The average molecular weight is 175 g/mol. The van der Waals surface area contributed by atoms with E-state index in [-0.39, 0.29) is 23.9 Å². The minimum absolute atomic E-state index is 0. The number of hydrogen-bond donors (Lipinski definition) is 0. The monoisotopic (exact) mass is 176 g/mol. The third-order valence-corrected chi connectivity index (χ3v) is 0. The van der Waals surface area contributed by atoms with Crippen LogP contribution in [0.25, 0.3) is 0 Å². The van der Waals surface area contributed by atoms with Crippen molar-refractivity contribution in [1.29, 1.82) is 0 Å². The van der Waals surface area contributed by atoms with E-state index in [1.54, 1.807) is 0 Å². The summed E-state index contributed by atoms with van der Waals surface area (Å²) in [6.45, 7) is 7.50. The molecule has 4 radical (unpaired) electrons. The molecule has 0 saturated carbocycles. The van der Waals surface area contributed by atoms with E-state index in [0.717, 1.165) is 0 Å². The number of rotatable bonds is 0. The zero-order chi connectivity index (χ0) is 3.58. The zero-order valence-electron chi connectivity index (χ0n) is 3.71. The van der Waals surface area contributed by atoms with Gasteiger partial charge in [-0.05, 0) is 13.8 Å². The predicted octanol–water partition coefficient (Wildman–Crippen LogP) is 1.20. The van der Waals surface area contributed by atoms with Crippen LogP contribution in [-0.2, 0) is 0 Å². The summed E-state index contributed by atoms with van der Waals surface area (Å²) in [4.78, 5) is 0. The molecule has 0 aliphatic heterocycles. The second kappa shape index (κ2) is 4.54. The predicted molar refractivity (Wildman–Crippen MR) is 26.2 cm³/mol. The van der Waals surface area contributed by atoms with E-state index in [1.807, 2.05) is 13.8 Å². The normalized spacial score (nSPS) is 5.20. The van der Waals surface area contributed by atoms with Crippen LogP contribution in [0.4, 0.5) is 0 Å². The zero-order valence-corrected chi connectivity index (χ0v) is 6.56. The molecule has 0 unspecified atom stereocenters. The maximum absolute atomic E-state index is 3.56. The van der Waals surface area contributed by atoms with Gasteiger partial charge in [-0.15, -0.1) is 6.58 Å². The van der Waals surface area contributed by atoms with E-state index >= 15 is 0 Å². The summed E-state index contributed by atoms with van der Waals surface area (Å²) in [7, 11) is 0. The fourth-order valence-corrected chi connectivity index (χ4v) is 0. The van der Waals surface area contributed by atoms with Crippen LogP contribution >= 0.6 is 0 Å². The second-order valence-corrected chi connectivity index (χ2v) is 1.21. The number of hydrogen-bond acceptors (Lipinski definition) is 0. The molecule has 0 saturated heterocycles. The van der Waals surface area contributed by atoms with Gasteiger partial charge in [0.25, 0.3) is 0 Å². The standard InChI is InChI=1S/C4H8.Sn/c1-4(2)3;/h1H2,2-3H3;. The molecule has 0 aliphatic carbocycles. The summed E-state index contributed by atoms with van der Waals surface area (Å²) in [5.41, 5.74) is 1.17. The van der Waals surface area contributed by atoms with Gasteiger partial charge in [0.15, 0.2) is 0 Å². The van der Waals surface area contributed by atoms with Crippen LogP contribution in [0.5, 0.6) is 0 Å². The Morgan fingerprint density at radius 2 is 1.40 bits per heavy atom. The van der Waals surface area contributed by atoms with E-state index in [0.29, 0.717) is 0 Å². The van der Waals surface area contributed by atoms with Crippen LogP contribution in [0.3, 0.4) is 0 Å². The smallest absolute Gasteiger partial charge is 0 e. The van der Waals surface area contributed by atoms with Crippen molar-refractivity contribution in [2.45, 2.75) is 13.8 Å². The topological polar surface area (TPSA) is 0 Å². The molecule has 1 heteroatoms. The van der Waals surface area contributed by atoms with Crippen molar-refractivity contribution < 1.29 is 0 Å². The van der Waals surface area contributed by atoms with Gasteiger partial charge in [-0.2, -0.15) is 0 Å². The molecule has 0 spiro atoms.